The Balaban J connectivity index is 1.60. The lowest BCUT2D eigenvalue weighted by Gasteiger charge is -2.62. The molecule has 30 heavy (non-hydrogen) atoms. The van der Waals surface area contributed by atoms with Crippen LogP contribution in [0.3, 0.4) is 0 Å². The summed E-state index contributed by atoms with van der Waals surface area (Å²) in [5.74, 6) is 3.56. The molecule has 4 rings (SSSR count). The molecule has 2 N–H and O–H groups in total. The number of aliphatic hydroxyl groups is 2. The van der Waals surface area contributed by atoms with Gasteiger partial charge in [0, 0.05) is 5.41 Å². The number of allylic oxidation sites excluding steroid dienone is 1. The molecular formula is C28H48O2. The molecule has 0 aromatic heterocycles. The molecule has 0 aromatic rings. The van der Waals surface area contributed by atoms with Crippen molar-refractivity contribution in [3.05, 3.63) is 11.6 Å². The second kappa shape index (κ2) is 8.22. The molecule has 0 amide bonds. The summed E-state index contributed by atoms with van der Waals surface area (Å²) in [6, 6.07) is 0. The van der Waals surface area contributed by atoms with Gasteiger partial charge in [-0.3, -0.25) is 0 Å². The predicted octanol–water partition coefficient (Wildman–Crippen LogP) is 6.75. The van der Waals surface area contributed by atoms with E-state index in [9.17, 15) is 10.2 Å². The molecule has 0 heterocycles. The van der Waals surface area contributed by atoms with E-state index < -0.39 is 0 Å². The summed E-state index contributed by atoms with van der Waals surface area (Å²) >= 11 is 0. The fourth-order valence-corrected chi connectivity index (χ4v) is 9.02. The molecule has 4 aliphatic carbocycles. The maximum atomic E-state index is 10.9. The molecule has 0 bridgehead atoms. The molecule has 8 atom stereocenters. The highest BCUT2D eigenvalue weighted by molar-refractivity contribution is 5.33. The van der Waals surface area contributed by atoms with Crippen molar-refractivity contribution < 1.29 is 10.2 Å². The van der Waals surface area contributed by atoms with E-state index in [-0.39, 0.29) is 16.9 Å². The highest BCUT2D eigenvalue weighted by Gasteiger charge is 2.65. The van der Waals surface area contributed by atoms with Gasteiger partial charge in [0.05, 0.1) is 12.7 Å². The van der Waals surface area contributed by atoms with Crippen LogP contribution < -0.4 is 0 Å². The Morgan fingerprint density at radius 3 is 2.50 bits per heavy atom. The third kappa shape index (κ3) is 3.35. The van der Waals surface area contributed by atoms with Crippen molar-refractivity contribution in [3.63, 3.8) is 0 Å². The zero-order valence-electron chi connectivity index (χ0n) is 20.4. The van der Waals surface area contributed by atoms with Gasteiger partial charge in [-0.15, -0.1) is 0 Å². The molecule has 0 saturated heterocycles. The van der Waals surface area contributed by atoms with Crippen molar-refractivity contribution >= 4 is 0 Å². The van der Waals surface area contributed by atoms with Crippen molar-refractivity contribution in [2.45, 2.75) is 111 Å². The monoisotopic (exact) mass is 416 g/mol. The minimum Gasteiger partial charge on any atom is -0.395 e. The Morgan fingerprint density at radius 2 is 1.80 bits per heavy atom. The quantitative estimate of drug-likeness (QED) is 0.470. The molecule has 3 fully saturated rings. The van der Waals surface area contributed by atoms with E-state index in [1.807, 2.05) is 0 Å². The first kappa shape index (κ1) is 22.8. The minimum atomic E-state index is -0.0961. The molecule has 2 unspecified atom stereocenters. The van der Waals surface area contributed by atoms with Crippen LogP contribution in [0.2, 0.25) is 0 Å². The lowest BCUT2D eigenvalue weighted by molar-refractivity contribution is -0.0820. The average molecular weight is 417 g/mol. The second-order valence-corrected chi connectivity index (χ2v) is 12.7. The average Bonchev–Trinajstić information content (AvgIpc) is 3.01. The number of aliphatic hydroxyl groups excluding tert-OH is 2. The number of hydrogen-bond donors (Lipinski definition) is 2. The fourth-order valence-electron chi connectivity index (χ4n) is 9.02. The molecule has 4 aliphatic rings. The Hall–Kier alpha value is -0.340. The molecule has 3 saturated carbocycles. The van der Waals surface area contributed by atoms with Crippen molar-refractivity contribution in [2.24, 2.45) is 45.8 Å². The van der Waals surface area contributed by atoms with Crippen LogP contribution in [0, 0.1) is 45.8 Å². The summed E-state index contributed by atoms with van der Waals surface area (Å²) in [6.45, 7) is 12.6. The summed E-state index contributed by atoms with van der Waals surface area (Å²) in [4.78, 5) is 0. The van der Waals surface area contributed by atoms with Crippen molar-refractivity contribution in [3.8, 4) is 0 Å². The molecule has 0 aromatic carbocycles. The molecule has 0 spiro atoms. The van der Waals surface area contributed by atoms with E-state index in [4.69, 9.17) is 0 Å². The highest BCUT2D eigenvalue weighted by Crippen LogP contribution is 2.72. The zero-order valence-corrected chi connectivity index (χ0v) is 20.4. The van der Waals surface area contributed by atoms with Gasteiger partial charge >= 0.3 is 0 Å². The van der Waals surface area contributed by atoms with E-state index in [1.165, 1.54) is 44.9 Å². The van der Waals surface area contributed by atoms with Crippen LogP contribution in [0.15, 0.2) is 11.6 Å². The Morgan fingerprint density at radius 1 is 1.03 bits per heavy atom. The lowest BCUT2D eigenvalue weighted by Crippen LogP contribution is -2.55. The van der Waals surface area contributed by atoms with E-state index in [2.05, 4.69) is 40.7 Å². The fraction of sp³-hybridized carbons (Fsp3) is 0.929. The van der Waals surface area contributed by atoms with Gasteiger partial charge in [0.1, 0.15) is 0 Å². The van der Waals surface area contributed by atoms with Crippen LogP contribution in [0.4, 0.5) is 0 Å². The van der Waals surface area contributed by atoms with Crippen LogP contribution in [0.1, 0.15) is 105 Å². The van der Waals surface area contributed by atoms with Gasteiger partial charge in [-0.25, -0.2) is 0 Å². The summed E-state index contributed by atoms with van der Waals surface area (Å²) < 4.78 is 0. The third-order valence-corrected chi connectivity index (χ3v) is 11.0. The molecule has 2 nitrogen and oxygen atoms in total. The Labute approximate surface area is 185 Å². The van der Waals surface area contributed by atoms with Gasteiger partial charge in [0.25, 0.3) is 0 Å². The van der Waals surface area contributed by atoms with Gasteiger partial charge in [-0.2, -0.15) is 0 Å². The Kier molecular flexibility index (Phi) is 6.26. The van der Waals surface area contributed by atoms with Crippen molar-refractivity contribution in [1.82, 2.24) is 0 Å². The topological polar surface area (TPSA) is 40.5 Å². The minimum absolute atomic E-state index is 0.0108. The highest BCUT2D eigenvalue weighted by atomic mass is 16.3. The van der Waals surface area contributed by atoms with Crippen LogP contribution in [-0.4, -0.2) is 22.9 Å². The second-order valence-electron chi connectivity index (χ2n) is 12.7. The third-order valence-electron chi connectivity index (χ3n) is 11.0. The molecule has 2 heteroatoms. The van der Waals surface area contributed by atoms with Crippen LogP contribution >= 0.6 is 0 Å². The molecule has 0 aliphatic heterocycles. The molecule has 0 radical (unpaired) electrons. The van der Waals surface area contributed by atoms with Gasteiger partial charge in [-0.05, 0) is 91.8 Å². The first-order valence-electron chi connectivity index (χ1n) is 13.2. The number of hydrogen-bond acceptors (Lipinski definition) is 2. The summed E-state index contributed by atoms with van der Waals surface area (Å²) in [5.41, 5.74) is 2.23. The van der Waals surface area contributed by atoms with E-state index >= 15 is 0 Å². The van der Waals surface area contributed by atoms with Crippen molar-refractivity contribution in [2.75, 3.05) is 6.61 Å². The van der Waals surface area contributed by atoms with E-state index in [0.29, 0.717) is 23.9 Å². The largest absolute Gasteiger partial charge is 0.395 e. The summed E-state index contributed by atoms with van der Waals surface area (Å²) in [5, 5.41) is 21.2. The Bertz CT molecular complexity index is 653. The van der Waals surface area contributed by atoms with Crippen LogP contribution in [0.25, 0.3) is 0 Å². The number of fused-ring (bicyclic) bond motifs is 5. The summed E-state index contributed by atoms with van der Waals surface area (Å²) in [6.07, 6.45) is 15.8. The number of rotatable bonds is 6. The van der Waals surface area contributed by atoms with Gasteiger partial charge in [-0.1, -0.05) is 65.5 Å². The first-order chi connectivity index (χ1) is 14.2. The SMILES string of the molecule is CC(C)CCC[C@@H](C)[C@H]1CC[C@@]2(CO)C3=CCC4CC(O)CC[C@]4(C)[C@H]3CC[C@]12C. The maximum Gasteiger partial charge on any atom is 0.0543 e. The van der Waals surface area contributed by atoms with Crippen LogP contribution in [0.5, 0.6) is 0 Å². The summed E-state index contributed by atoms with van der Waals surface area (Å²) in [7, 11) is 0. The standard InChI is InChI=1S/C28H48O2/c1-19(2)7-6-8-20(3)23-13-16-28(18-29)25-10-9-21-17-22(30)11-14-26(21,4)24(25)12-15-27(23,28)5/h10,19-24,29-30H,6-9,11-18H2,1-5H3/t20-,21?,22?,23-,24+,26+,27-,28-/m1/s1. The van der Waals surface area contributed by atoms with Gasteiger partial charge in [0.2, 0.25) is 0 Å². The van der Waals surface area contributed by atoms with Crippen LogP contribution in [-0.2, 0) is 0 Å². The van der Waals surface area contributed by atoms with E-state index in [1.54, 1.807) is 5.57 Å². The van der Waals surface area contributed by atoms with E-state index in [0.717, 1.165) is 43.4 Å². The van der Waals surface area contributed by atoms with Gasteiger partial charge in [0.15, 0.2) is 0 Å². The first-order valence-corrected chi connectivity index (χ1v) is 13.2. The molecular weight excluding hydrogens is 368 g/mol. The maximum absolute atomic E-state index is 10.9. The normalized spacial score (nSPS) is 46.7. The molecule has 172 valence electrons. The predicted molar refractivity (Wildman–Crippen MR) is 125 cm³/mol. The smallest absolute Gasteiger partial charge is 0.0543 e. The lowest BCUT2D eigenvalue weighted by atomic mass is 9.43. The van der Waals surface area contributed by atoms with Gasteiger partial charge < -0.3 is 10.2 Å². The van der Waals surface area contributed by atoms with Crippen molar-refractivity contribution in [1.29, 1.82) is 0 Å². The zero-order chi connectivity index (χ0) is 21.7.